The highest BCUT2D eigenvalue weighted by Crippen LogP contribution is 2.33. The summed E-state index contributed by atoms with van der Waals surface area (Å²) in [6.07, 6.45) is 5.48. The Morgan fingerprint density at radius 2 is 2.21 bits per heavy atom. The first-order chi connectivity index (χ1) is 14.1. The van der Waals surface area contributed by atoms with Gasteiger partial charge in [-0.3, -0.25) is 9.78 Å². The number of aromatic nitrogens is 1. The molecular formula is C21H22F2N2O3S. The van der Waals surface area contributed by atoms with E-state index in [2.05, 4.69) is 9.72 Å². The van der Waals surface area contributed by atoms with Gasteiger partial charge in [0.05, 0.1) is 19.3 Å². The summed E-state index contributed by atoms with van der Waals surface area (Å²) in [4.78, 5) is 19.1. The molecule has 29 heavy (non-hydrogen) atoms. The predicted octanol–water partition coefficient (Wildman–Crippen LogP) is 4.24. The smallest absolute Gasteiger partial charge is 0.387 e. The van der Waals surface area contributed by atoms with Crippen LogP contribution in [0.5, 0.6) is 11.5 Å². The minimum absolute atomic E-state index is 0.0956. The summed E-state index contributed by atoms with van der Waals surface area (Å²) < 4.78 is 35.3. The molecule has 0 bridgehead atoms. The molecule has 1 atom stereocenters. The minimum Gasteiger partial charge on any atom is -0.493 e. The largest absolute Gasteiger partial charge is 0.493 e. The summed E-state index contributed by atoms with van der Waals surface area (Å²) in [6.45, 7) is -2.60. The molecule has 1 amide bonds. The average molecular weight is 420 g/mol. The molecule has 3 rings (SSSR count). The van der Waals surface area contributed by atoms with Crippen molar-refractivity contribution in [3.8, 4) is 11.5 Å². The third-order valence-corrected chi connectivity index (χ3v) is 5.67. The van der Waals surface area contributed by atoms with Crippen molar-refractivity contribution in [2.75, 3.05) is 18.6 Å². The van der Waals surface area contributed by atoms with Crippen molar-refractivity contribution < 1.29 is 23.0 Å². The second-order valence-corrected chi connectivity index (χ2v) is 7.54. The van der Waals surface area contributed by atoms with Crippen molar-refractivity contribution in [2.45, 2.75) is 25.6 Å². The standard InChI is InChI=1S/C21H22F2N2O3S/c1-27-18-7-4-5-15(20(18)28-21(22)23)8-9-19(26)25(17-10-12-29-14-17)13-16-6-2-3-11-24-16/h2-9,11,17,21H,10,12-14H2,1H3/b9-8+/t17-/m1/s1. The predicted molar refractivity (Wildman–Crippen MR) is 109 cm³/mol. The van der Waals surface area contributed by atoms with Crippen molar-refractivity contribution in [3.05, 3.63) is 59.9 Å². The fraction of sp³-hybridized carbons (Fsp3) is 0.333. The maximum atomic E-state index is 13.0. The Morgan fingerprint density at radius 3 is 2.86 bits per heavy atom. The van der Waals surface area contributed by atoms with Gasteiger partial charge in [-0.25, -0.2) is 0 Å². The van der Waals surface area contributed by atoms with Gasteiger partial charge in [0.2, 0.25) is 5.91 Å². The first-order valence-electron chi connectivity index (χ1n) is 9.16. The molecule has 0 radical (unpaired) electrons. The molecule has 1 saturated heterocycles. The van der Waals surface area contributed by atoms with E-state index < -0.39 is 6.61 Å². The molecule has 1 aromatic carbocycles. The Morgan fingerprint density at radius 1 is 1.34 bits per heavy atom. The van der Waals surface area contributed by atoms with Crippen LogP contribution in [0.4, 0.5) is 8.78 Å². The number of halogens is 2. The van der Waals surface area contributed by atoms with Gasteiger partial charge in [-0.1, -0.05) is 18.2 Å². The maximum absolute atomic E-state index is 13.0. The van der Waals surface area contributed by atoms with Crippen molar-refractivity contribution in [3.63, 3.8) is 0 Å². The van der Waals surface area contributed by atoms with Crippen LogP contribution in [0.3, 0.4) is 0 Å². The van der Waals surface area contributed by atoms with Gasteiger partial charge in [-0.2, -0.15) is 20.5 Å². The Balaban J connectivity index is 1.83. The number of para-hydroxylation sites is 1. The number of ether oxygens (including phenoxy) is 2. The zero-order valence-electron chi connectivity index (χ0n) is 16.0. The van der Waals surface area contributed by atoms with Gasteiger partial charge in [0.1, 0.15) is 0 Å². The Hall–Kier alpha value is -2.61. The number of nitrogens with zero attached hydrogens (tertiary/aromatic N) is 2. The van der Waals surface area contributed by atoms with Crippen LogP contribution >= 0.6 is 11.8 Å². The van der Waals surface area contributed by atoms with Crippen molar-refractivity contribution in [1.82, 2.24) is 9.88 Å². The van der Waals surface area contributed by atoms with Gasteiger partial charge in [0, 0.05) is 29.6 Å². The maximum Gasteiger partial charge on any atom is 0.387 e. The van der Waals surface area contributed by atoms with Crippen LogP contribution in [0.2, 0.25) is 0 Å². The number of hydrogen-bond donors (Lipinski definition) is 0. The topological polar surface area (TPSA) is 51.7 Å². The molecule has 154 valence electrons. The summed E-state index contributed by atoms with van der Waals surface area (Å²) in [5.74, 6) is 1.75. The molecule has 5 nitrogen and oxygen atoms in total. The molecule has 0 N–H and O–H groups in total. The molecule has 1 aliphatic heterocycles. The number of thioether (sulfide) groups is 1. The van der Waals surface area contributed by atoms with Gasteiger partial charge in [0.25, 0.3) is 0 Å². The fourth-order valence-electron chi connectivity index (χ4n) is 3.12. The monoisotopic (exact) mass is 420 g/mol. The molecule has 8 heteroatoms. The normalized spacial score (nSPS) is 16.3. The number of alkyl halides is 2. The first kappa shape index (κ1) is 21.1. The lowest BCUT2D eigenvalue weighted by molar-refractivity contribution is -0.128. The molecular weight excluding hydrogens is 398 g/mol. The number of pyridine rings is 1. The third kappa shape index (κ3) is 5.69. The van der Waals surface area contributed by atoms with Crippen molar-refractivity contribution in [2.24, 2.45) is 0 Å². The molecule has 0 unspecified atom stereocenters. The molecule has 1 aromatic heterocycles. The zero-order chi connectivity index (χ0) is 20.6. The van der Waals surface area contributed by atoms with E-state index in [1.807, 2.05) is 30.0 Å². The summed E-state index contributed by atoms with van der Waals surface area (Å²) in [5.41, 5.74) is 1.14. The van der Waals surface area contributed by atoms with Crippen LogP contribution in [0.15, 0.2) is 48.7 Å². The quantitative estimate of drug-likeness (QED) is 0.598. The highest BCUT2D eigenvalue weighted by atomic mass is 32.2. The van der Waals surface area contributed by atoms with Gasteiger partial charge >= 0.3 is 6.61 Å². The van der Waals surface area contributed by atoms with Crippen LogP contribution in [0.25, 0.3) is 6.08 Å². The fourth-order valence-corrected chi connectivity index (χ4v) is 4.34. The van der Waals surface area contributed by atoms with Gasteiger partial charge in [-0.05, 0) is 36.4 Å². The first-order valence-corrected chi connectivity index (χ1v) is 10.3. The van der Waals surface area contributed by atoms with Gasteiger partial charge in [-0.15, -0.1) is 0 Å². The molecule has 0 spiro atoms. The van der Waals surface area contributed by atoms with E-state index in [9.17, 15) is 13.6 Å². The van der Waals surface area contributed by atoms with E-state index in [0.717, 1.165) is 23.6 Å². The number of carbonyl (C=O) groups is 1. The molecule has 0 aliphatic carbocycles. The van der Waals surface area contributed by atoms with E-state index in [-0.39, 0.29) is 23.4 Å². The number of benzene rings is 1. The number of amides is 1. The SMILES string of the molecule is COc1cccc(/C=C/C(=O)N(Cc2ccccn2)[C@@H]2CCSC2)c1OC(F)F. The van der Waals surface area contributed by atoms with Crippen LogP contribution in [-0.4, -0.2) is 47.1 Å². The molecule has 0 saturated carbocycles. The summed E-state index contributed by atoms with van der Waals surface area (Å²) >= 11 is 1.81. The second kappa shape index (κ2) is 10.2. The second-order valence-electron chi connectivity index (χ2n) is 6.40. The lowest BCUT2D eigenvalue weighted by atomic mass is 10.1. The van der Waals surface area contributed by atoms with Crippen LogP contribution in [-0.2, 0) is 11.3 Å². The van der Waals surface area contributed by atoms with Gasteiger partial charge < -0.3 is 14.4 Å². The Bertz CT molecular complexity index is 843. The molecule has 2 aromatic rings. The average Bonchev–Trinajstić information content (AvgIpc) is 3.26. The highest BCUT2D eigenvalue weighted by Gasteiger charge is 2.26. The Kier molecular flexibility index (Phi) is 7.46. The highest BCUT2D eigenvalue weighted by molar-refractivity contribution is 7.99. The van der Waals surface area contributed by atoms with Crippen molar-refractivity contribution >= 4 is 23.7 Å². The van der Waals surface area contributed by atoms with Gasteiger partial charge in [0.15, 0.2) is 11.5 Å². The van der Waals surface area contributed by atoms with E-state index in [1.54, 1.807) is 23.2 Å². The molecule has 1 fully saturated rings. The zero-order valence-corrected chi connectivity index (χ0v) is 16.8. The van der Waals surface area contributed by atoms with E-state index in [1.165, 1.54) is 25.3 Å². The molecule has 2 heterocycles. The number of hydrogen-bond acceptors (Lipinski definition) is 5. The third-order valence-electron chi connectivity index (χ3n) is 4.53. The lowest BCUT2D eigenvalue weighted by Gasteiger charge is -2.27. The summed E-state index contributed by atoms with van der Waals surface area (Å²) in [7, 11) is 1.37. The number of carbonyl (C=O) groups excluding carboxylic acids is 1. The van der Waals surface area contributed by atoms with Crippen LogP contribution < -0.4 is 9.47 Å². The lowest BCUT2D eigenvalue weighted by Crippen LogP contribution is -2.39. The van der Waals surface area contributed by atoms with Crippen LogP contribution in [0.1, 0.15) is 17.7 Å². The van der Waals surface area contributed by atoms with E-state index >= 15 is 0 Å². The van der Waals surface area contributed by atoms with E-state index in [0.29, 0.717) is 12.1 Å². The summed E-state index contributed by atoms with van der Waals surface area (Å²) in [6, 6.07) is 10.5. The molecule has 1 aliphatic rings. The Labute approximate surface area is 172 Å². The number of rotatable bonds is 8. The minimum atomic E-state index is -3.00. The number of methoxy groups -OCH3 is 1. The van der Waals surface area contributed by atoms with Crippen LogP contribution in [0, 0.1) is 0 Å². The summed E-state index contributed by atoms with van der Waals surface area (Å²) in [5, 5.41) is 0. The van der Waals surface area contributed by atoms with E-state index in [4.69, 9.17) is 4.74 Å². The van der Waals surface area contributed by atoms with Crippen molar-refractivity contribution in [1.29, 1.82) is 0 Å².